The molecule has 8 heteroatoms. The van der Waals surface area contributed by atoms with Gasteiger partial charge in [0.05, 0.1) is 10.6 Å². The maximum atomic E-state index is 12.1. The number of anilines is 1. The Morgan fingerprint density at radius 1 is 1.45 bits per heavy atom. The van der Waals surface area contributed by atoms with Gasteiger partial charge < -0.3 is 15.8 Å². The Morgan fingerprint density at radius 2 is 2.15 bits per heavy atom. The average molecular weight is 365 g/mol. The van der Waals surface area contributed by atoms with E-state index in [0.717, 1.165) is 0 Å². The molecule has 0 atom stereocenters. The predicted octanol–water partition coefficient (Wildman–Crippen LogP) is 0.958. The van der Waals surface area contributed by atoms with Crippen molar-refractivity contribution in [1.82, 2.24) is 5.32 Å². The van der Waals surface area contributed by atoms with Gasteiger partial charge in [-0.15, -0.1) is 0 Å². The summed E-state index contributed by atoms with van der Waals surface area (Å²) in [6.45, 7) is 0.877. The van der Waals surface area contributed by atoms with Crippen molar-refractivity contribution in [3.8, 4) is 0 Å². The molecule has 0 aliphatic heterocycles. The van der Waals surface area contributed by atoms with E-state index in [4.69, 9.17) is 10.5 Å². The average Bonchev–Trinajstić information content (AvgIpc) is 2.37. The van der Waals surface area contributed by atoms with Crippen LogP contribution in [0.2, 0.25) is 0 Å². The van der Waals surface area contributed by atoms with Crippen molar-refractivity contribution in [1.29, 1.82) is 0 Å². The Kier molecular flexibility index (Phi) is 6.44. The molecule has 3 N–H and O–H groups in total. The Hall–Kier alpha value is -1.12. The number of methoxy groups -OCH3 is 1. The number of sulfone groups is 1. The van der Waals surface area contributed by atoms with Crippen LogP contribution in [0.1, 0.15) is 6.42 Å². The summed E-state index contributed by atoms with van der Waals surface area (Å²) in [5.41, 5.74) is 5.77. The summed E-state index contributed by atoms with van der Waals surface area (Å²) in [4.78, 5) is 11.6. The zero-order valence-electron chi connectivity index (χ0n) is 11.1. The van der Waals surface area contributed by atoms with E-state index in [1.54, 1.807) is 13.2 Å². The normalized spacial score (nSPS) is 11.3. The van der Waals surface area contributed by atoms with Crippen LogP contribution in [-0.4, -0.2) is 40.3 Å². The molecule has 0 spiro atoms. The highest BCUT2D eigenvalue weighted by Crippen LogP contribution is 2.23. The van der Waals surface area contributed by atoms with Crippen molar-refractivity contribution in [3.63, 3.8) is 0 Å². The standard InChI is InChI=1S/C12H17BrN2O4S/c1-19-6-2-5-15-12(16)8-20(17,18)11-7-9(13)3-4-10(11)14/h3-4,7H,2,5-6,8,14H2,1H3,(H,15,16). The van der Waals surface area contributed by atoms with Gasteiger partial charge in [-0.1, -0.05) is 15.9 Å². The molecule has 1 rings (SSSR count). The lowest BCUT2D eigenvalue weighted by Gasteiger charge is -2.08. The van der Waals surface area contributed by atoms with Gasteiger partial charge >= 0.3 is 0 Å². The molecule has 20 heavy (non-hydrogen) atoms. The summed E-state index contributed by atoms with van der Waals surface area (Å²) in [5.74, 6) is -1.18. The first kappa shape index (κ1) is 16.9. The summed E-state index contributed by atoms with van der Waals surface area (Å²) in [6.07, 6.45) is 0.626. The van der Waals surface area contributed by atoms with Gasteiger partial charge in [0.15, 0.2) is 9.84 Å². The maximum Gasteiger partial charge on any atom is 0.235 e. The highest BCUT2D eigenvalue weighted by atomic mass is 79.9. The third-order valence-corrected chi connectivity index (χ3v) is 4.64. The molecular formula is C12H17BrN2O4S. The third kappa shape index (κ3) is 5.10. The summed E-state index contributed by atoms with van der Waals surface area (Å²) in [5, 5.41) is 2.53. The van der Waals surface area contributed by atoms with Crippen LogP contribution in [0.25, 0.3) is 0 Å². The molecule has 112 valence electrons. The van der Waals surface area contributed by atoms with Gasteiger partial charge in [0.25, 0.3) is 0 Å². The molecule has 0 aromatic heterocycles. The van der Waals surface area contributed by atoms with Crippen molar-refractivity contribution in [2.45, 2.75) is 11.3 Å². The maximum absolute atomic E-state index is 12.1. The third-order valence-electron chi connectivity index (χ3n) is 2.48. The van der Waals surface area contributed by atoms with Crippen LogP contribution < -0.4 is 11.1 Å². The minimum atomic E-state index is -3.75. The van der Waals surface area contributed by atoms with E-state index in [9.17, 15) is 13.2 Å². The van der Waals surface area contributed by atoms with Crippen LogP contribution in [0.3, 0.4) is 0 Å². The fraction of sp³-hybridized carbons (Fsp3) is 0.417. The quantitative estimate of drug-likeness (QED) is 0.554. The van der Waals surface area contributed by atoms with Crippen molar-refractivity contribution < 1.29 is 17.9 Å². The Morgan fingerprint density at radius 3 is 2.80 bits per heavy atom. The molecule has 0 bridgehead atoms. The minimum Gasteiger partial charge on any atom is -0.398 e. The molecule has 0 heterocycles. The fourth-order valence-corrected chi connectivity index (χ4v) is 3.37. The lowest BCUT2D eigenvalue weighted by atomic mass is 10.3. The number of benzene rings is 1. The first-order valence-electron chi connectivity index (χ1n) is 5.90. The number of halogens is 1. The largest absolute Gasteiger partial charge is 0.398 e. The van der Waals surface area contributed by atoms with Gasteiger partial charge in [0.2, 0.25) is 5.91 Å². The smallest absolute Gasteiger partial charge is 0.235 e. The van der Waals surface area contributed by atoms with Crippen LogP contribution in [-0.2, 0) is 19.4 Å². The Labute approximate surface area is 126 Å². The number of nitrogens with two attached hydrogens (primary N) is 1. The zero-order valence-corrected chi connectivity index (χ0v) is 13.5. The second-order valence-electron chi connectivity index (χ2n) is 4.14. The van der Waals surface area contributed by atoms with Crippen molar-refractivity contribution >= 4 is 37.4 Å². The van der Waals surface area contributed by atoms with E-state index < -0.39 is 21.5 Å². The van der Waals surface area contributed by atoms with Gasteiger partial charge in [-0.05, 0) is 24.6 Å². The lowest BCUT2D eigenvalue weighted by molar-refractivity contribution is -0.118. The van der Waals surface area contributed by atoms with E-state index >= 15 is 0 Å². The van der Waals surface area contributed by atoms with E-state index in [0.29, 0.717) is 24.0 Å². The Balaban J connectivity index is 2.70. The number of amides is 1. The molecule has 1 aromatic rings. The fourth-order valence-electron chi connectivity index (χ4n) is 1.52. The highest BCUT2D eigenvalue weighted by Gasteiger charge is 2.21. The summed E-state index contributed by atoms with van der Waals surface area (Å²) >= 11 is 3.18. The summed E-state index contributed by atoms with van der Waals surface area (Å²) in [7, 11) is -2.20. The molecule has 6 nitrogen and oxygen atoms in total. The van der Waals surface area contributed by atoms with Crippen molar-refractivity contribution in [2.24, 2.45) is 0 Å². The van der Waals surface area contributed by atoms with E-state index in [2.05, 4.69) is 21.2 Å². The molecule has 0 unspecified atom stereocenters. The van der Waals surface area contributed by atoms with Gasteiger partial charge in [-0.25, -0.2) is 8.42 Å². The molecular weight excluding hydrogens is 348 g/mol. The first-order valence-corrected chi connectivity index (χ1v) is 8.35. The van der Waals surface area contributed by atoms with Gasteiger partial charge in [0, 0.05) is 24.7 Å². The topological polar surface area (TPSA) is 98.5 Å². The second-order valence-corrected chi connectivity index (χ2v) is 7.01. The van der Waals surface area contributed by atoms with Crippen molar-refractivity contribution in [3.05, 3.63) is 22.7 Å². The molecule has 0 aliphatic carbocycles. The van der Waals surface area contributed by atoms with E-state index in [-0.39, 0.29) is 10.6 Å². The monoisotopic (exact) mass is 364 g/mol. The molecule has 0 saturated heterocycles. The number of hydrogen-bond donors (Lipinski definition) is 2. The number of carbonyl (C=O) groups is 1. The SMILES string of the molecule is COCCCNC(=O)CS(=O)(=O)c1cc(Br)ccc1N. The molecule has 0 fully saturated rings. The van der Waals surface area contributed by atoms with Gasteiger partial charge in [-0.3, -0.25) is 4.79 Å². The van der Waals surface area contributed by atoms with Crippen LogP contribution >= 0.6 is 15.9 Å². The summed E-state index contributed by atoms with van der Waals surface area (Å²) in [6, 6.07) is 4.51. The number of carbonyl (C=O) groups excluding carboxylic acids is 1. The number of nitrogens with one attached hydrogen (secondary N) is 1. The molecule has 0 saturated carbocycles. The molecule has 0 aliphatic rings. The lowest BCUT2D eigenvalue weighted by Crippen LogP contribution is -2.31. The number of hydrogen-bond acceptors (Lipinski definition) is 5. The van der Waals surface area contributed by atoms with Crippen molar-refractivity contribution in [2.75, 3.05) is 31.7 Å². The van der Waals surface area contributed by atoms with Gasteiger partial charge in [0.1, 0.15) is 5.75 Å². The van der Waals surface area contributed by atoms with Crippen LogP contribution in [0.15, 0.2) is 27.6 Å². The zero-order chi connectivity index (χ0) is 15.2. The van der Waals surface area contributed by atoms with E-state index in [1.165, 1.54) is 12.1 Å². The minimum absolute atomic E-state index is 0.0427. The van der Waals surface area contributed by atoms with Gasteiger partial charge in [-0.2, -0.15) is 0 Å². The molecule has 1 amide bonds. The van der Waals surface area contributed by atoms with Crippen LogP contribution in [0.5, 0.6) is 0 Å². The number of nitrogen functional groups attached to an aromatic ring is 1. The van der Waals surface area contributed by atoms with Crippen LogP contribution in [0, 0.1) is 0 Å². The first-order chi connectivity index (χ1) is 9.36. The highest BCUT2D eigenvalue weighted by molar-refractivity contribution is 9.10. The number of rotatable bonds is 7. The Bertz CT molecular complexity index is 575. The molecule has 0 radical (unpaired) electrons. The second kappa shape index (κ2) is 7.61. The van der Waals surface area contributed by atoms with E-state index in [1.807, 2.05) is 0 Å². The molecule has 1 aromatic carbocycles. The number of ether oxygens (including phenoxy) is 1. The van der Waals surface area contributed by atoms with Crippen LogP contribution in [0.4, 0.5) is 5.69 Å². The predicted molar refractivity (Wildman–Crippen MR) is 80.1 cm³/mol. The summed E-state index contributed by atoms with van der Waals surface area (Å²) < 4.78 is 29.7.